The molecule has 0 unspecified atom stereocenters. The van der Waals surface area contributed by atoms with Crippen molar-refractivity contribution in [3.05, 3.63) is 46.6 Å². The summed E-state index contributed by atoms with van der Waals surface area (Å²) >= 11 is 5.79. The van der Waals surface area contributed by atoms with Crippen LogP contribution in [0.2, 0.25) is 5.15 Å². The van der Waals surface area contributed by atoms with Gasteiger partial charge in [0, 0.05) is 11.6 Å². The number of hydrogen-bond donors (Lipinski definition) is 0. The van der Waals surface area contributed by atoms with Crippen molar-refractivity contribution in [1.82, 2.24) is 4.98 Å². The molecule has 1 aromatic carbocycles. The number of rotatable bonds is 3. The molecule has 0 aliphatic carbocycles. The van der Waals surface area contributed by atoms with Gasteiger partial charge in [0.25, 0.3) is 0 Å². The number of benzene rings is 1. The van der Waals surface area contributed by atoms with E-state index in [2.05, 4.69) is 4.98 Å². The third kappa shape index (κ3) is 2.93. The molecule has 0 aliphatic heterocycles. The fourth-order valence-corrected chi connectivity index (χ4v) is 1.59. The van der Waals surface area contributed by atoms with Crippen molar-refractivity contribution >= 4 is 31.2 Å². The first-order chi connectivity index (χ1) is 9.13. The molecule has 0 saturated heterocycles. The second kappa shape index (κ2) is 5.55. The van der Waals surface area contributed by atoms with Crippen LogP contribution in [0, 0.1) is 11.3 Å². The number of halogens is 1. The Bertz CT molecular complexity index is 683. The van der Waals surface area contributed by atoms with Crippen molar-refractivity contribution in [3.8, 4) is 17.7 Å². The van der Waals surface area contributed by atoms with Crippen LogP contribution in [0.5, 0.6) is 11.6 Å². The van der Waals surface area contributed by atoms with Gasteiger partial charge in [-0.2, -0.15) is 10.2 Å². The van der Waals surface area contributed by atoms with E-state index < -0.39 is 0 Å². The molecule has 2 rings (SSSR count). The highest BCUT2D eigenvalue weighted by atomic mass is 35.5. The second-order valence-electron chi connectivity index (χ2n) is 3.61. The summed E-state index contributed by atoms with van der Waals surface area (Å²) in [5.41, 5.74) is 0.963. The number of nitriles is 1. The molecule has 2 radical (unpaired) electrons. The van der Waals surface area contributed by atoms with Gasteiger partial charge < -0.3 is 4.74 Å². The van der Waals surface area contributed by atoms with E-state index in [0.29, 0.717) is 23.1 Å². The van der Waals surface area contributed by atoms with E-state index in [1.807, 2.05) is 6.07 Å². The highest BCUT2D eigenvalue weighted by Crippen LogP contribution is 2.22. The largest absolute Gasteiger partial charge is 0.439 e. The van der Waals surface area contributed by atoms with Gasteiger partial charge in [-0.3, -0.25) is 4.79 Å². The maximum atomic E-state index is 10.8. The van der Waals surface area contributed by atoms with Crippen LogP contribution in [-0.4, -0.2) is 19.1 Å². The zero-order valence-electron chi connectivity index (χ0n) is 9.63. The second-order valence-corrected chi connectivity index (χ2v) is 3.97. The summed E-state index contributed by atoms with van der Waals surface area (Å²) in [6, 6.07) is 9.58. The number of ether oxygens (including phenoxy) is 1. The number of aromatic nitrogens is 1. The number of carbonyl (C=O) groups excluding carboxylic acids is 1. The minimum absolute atomic E-state index is 0.0612. The predicted molar refractivity (Wildman–Crippen MR) is 71.3 cm³/mol. The average Bonchev–Trinajstić information content (AvgIpc) is 2.41. The Kier molecular flexibility index (Phi) is 3.83. The van der Waals surface area contributed by atoms with Crippen LogP contribution in [0.4, 0.5) is 0 Å². The van der Waals surface area contributed by atoms with Crippen molar-refractivity contribution < 1.29 is 9.53 Å². The Morgan fingerprint density at radius 2 is 2.16 bits per heavy atom. The van der Waals surface area contributed by atoms with Gasteiger partial charge in [-0.05, 0) is 18.2 Å². The highest BCUT2D eigenvalue weighted by Gasteiger charge is 2.06. The molecule has 1 aromatic heterocycles. The molecule has 0 amide bonds. The number of aldehydes is 1. The lowest BCUT2D eigenvalue weighted by atomic mass is 9.91. The van der Waals surface area contributed by atoms with E-state index in [-0.39, 0.29) is 16.6 Å². The molecule has 4 nitrogen and oxygen atoms in total. The first kappa shape index (κ1) is 13.1. The van der Waals surface area contributed by atoms with E-state index in [1.165, 1.54) is 18.2 Å². The number of pyridine rings is 1. The Labute approximate surface area is 116 Å². The molecule has 1 heterocycles. The number of hydrogen-bond acceptors (Lipinski definition) is 4. The highest BCUT2D eigenvalue weighted by molar-refractivity contribution is 6.35. The molecule has 2 aromatic rings. The van der Waals surface area contributed by atoms with Crippen LogP contribution in [0.3, 0.4) is 0 Å². The van der Waals surface area contributed by atoms with Crippen LogP contribution in [0.15, 0.2) is 30.3 Å². The molecule has 0 saturated carbocycles. The fraction of sp³-hybridized carbons (Fsp3) is 0. The fourth-order valence-electron chi connectivity index (χ4n) is 1.40. The standard InChI is InChI=1S/C13H6BClN2O2/c14-11-3-2-10(5-9(11)7-18)19-12-4-1-8(6-16)13(15)17-12/h1-5,7H. The van der Waals surface area contributed by atoms with Gasteiger partial charge in [0.15, 0.2) is 5.15 Å². The molecular weight excluding hydrogens is 262 g/mol. The van der Waals surface area contributed by atoms with Gasteiger partial charge >= 0.3 is 0 Å². The Hall–Kier alpha value is -2.32. The monoisotopic (exact) mass is 268 g/mol. The van der Waals surface area contributed by atoms with Gasteiger partial charge in [-0.25, -0.2) is 0 Å². The van der Waals surface area contributed by atoms with E-state index >= 15 is 0 Å². The molecule has 0 N–H and O–H groups in total. The summed E-state index contributed by atoms with van der Waals surface area (Å²) in [4.78, 5) is 14.7. The van der Waals surface area contributed by atoms with Crippen LogP contribution < -0.4 is 10.2 Å². The molecule has 0 atom stereocenters. The Balaban J connectivity index is 2.29. The molecule has 0 fully saturated rings. The summed E-state index contributed by atoms with van der Waals surface area (Å²) < 4.78 is 5.44. The smallest absolute Gasteiger partial charge is 0.220 e. The van der Waals surface area contributed by atoms with E-state index in [1.54, 1.807) is 12.1 Å². The van der Waals surface area contributed by atoms with E-state index in [9.17, 15) is 4.79 Å². The molecule has 0 aliphatic rings. The molecular formula is C13H6BClN2O2. The molecule has 90 valence electrons. The van der Waals surface area contributed by atoms with Gasteiger partial charge in [-0.1, -0.05) is 23.1 Å². The number of carbonyl (C=O) groups is 1. The quantitative estimate of drug-likeness (QED) is 0.485. The van der Waals surface area contributed by atoms with Crippen LogP contribution in [0.25, 0.3) is 0 Å². The van der Waals surface area contributed by atoms with Crippen molar-refractivity contribution in [3.63, 3.8) is 0 Å². The summed E-state index contributed by atoms with van der Waals surface area (Å²) in [5, 5.41) is 8.79. The molecule has 6 heteroatoms. The topological polar surface area (TPSA) is 63.0 Å². The summed E-state index contributed by atoms with van der Waals surface area (Å²) in [7, 11) is 5.60. The van der Waals surface area contributed by atoms with Gasteiger partial charge in [0.2, 0.25) is 5.88 Å². The van der Waals surface area contributed by atoms with Crippen LogP contribution in [0.1, 0.15) is 15.9 Å². The molecule has 19 heavy (non-hydrogen) atoms. The third-order valence-electron chi connectivity index (χ3n) is 2.35. The van der Waals surface area contributed by atoms with Crippen LogP contribution >= 0.6 is 11.6 Å². The lowest BCUT2D eigenvalue weighted by molar-refractivity contribution is 0.112. The van der Waals surface area contributed by atoms with Crippen molar-refractivity contribution in [2.75, 3.05) is 0 Å². The molecule has 0 bridgehead atoms. The van der Waals surface area contributed by atoms with Gasteiger partial charge in [0.05, 0.1) is 5.56 Å². The van der Waals surface area contributed by atoms with Crippen molar-refractivity contribution in [1.29, 1.82) is 5.26 Å². The van der Waals surface area contributed by atoms with Crippen molar-refractivity contribution in [2.45, 2.75) is 0 Å². The van der Waals surface area contributed by atoms with Gasteiger partial charge in [-0.15, -0.1) is 0 Å². The number of nitrogens with zero attached hydrogens (tertiary/aromatic N) is 2. The SMILES string of the molecule is [B]c1ccc(Oc2ccc(C#N)c(Cl)n2)cc1C=O. The zero-order chi connectivity index (χ0) is 13.8. The first-order valence-corrected chi connectivity index (χ1v) is 5.61. The maximum Gasteiger partial charge on any atom is 0.220 e. The summed E-state index contributed by atoms with van der Waals surface area (Å²) in [6.07, 6.45) is 0.640. The Morgan fingerprint density at radius 1 is 1.37 bits per heavy atom. The molecule has 0 spiro atoms. The van der Waals surface area contributed by atoms with E-state index in [4.69, 9.17) is 29.4 Å². The minimum atomic E-state index is 0.0612. The summed E-state index contributed by atoms with van der Waals surface area (Å²) in [5.74, 6) is 0.634. The average molecular weight is 268 g/mol. The normalized spacial score (nSPS) is 9.68. The predicted octanol–water partition coefficient (Wildman–Crippen LogP) is 2.01. The minimum Gasteiger partial charge on any atom is -0.439 e. The van der Waals surface area contributed by atoms with Crippen LogP contribution in [-0.2, 0) is 0 Å². The summed E-state index contributed by atoms with van der Waals surface area (Å²) in [6.45, 7) is 0. The first-order valence-electron chi connectivity index (χ1n) is 5.23. The van der Waals surface area contributed by atoms with Gasteiger partial charge in [0.1, 0.15) is 26.0 Å². The Morgan fingerprint density at radius 3 is 2.79 bits per heavy atom. The maximum absolute atomic E-state index is 10.8. The zero-order valence-corrected chi connectivity index (χ0v) is 10.4. The third-order valence-corrected chi connectivity index (χ3v) is 2.64. The lowest BCUT2D eigenvalue weighted by Gasteiger charge is -2.07. The lowest BCUT2D eigenvalue weighted by Crippen LogP contribution is -2.09. The van der Waals surface area contributed by atoms with Crippen molar-refractivity contribution in [2.24, 2.45) is 0 Å². The van der Waals surface area contributed by atoms with E-state index in [0.717, 1.165) is 0 Å².